The number of hydroxylamine groups is 2. The van der Waals surface area contributed by atoms with Crippen LogP contribution in [-0.2, 0) is 23.8 Å². The van der Waals surface area contributed by atoms with Crippen LogP contribution in [0.1, 0.15) is 48.9 Å². The van der Waals surface area contributed by atoms with E-state index in [0.717, 1.165) is 16.7 Å². The fourth-order valence-electron chi connectivity index (χ4n) is 4.18. The lowest BCUT2D eigenvalue weighted by atomic mass is 9.86. The number of ether oxygens (including phenoxy) is 3. The van der Waals surface area contributed by atoms with Crippen molar-refractivity contribution in [1.29, 1.82) is 0 Å². The molecule has 1 spiro atoms. The van der Waals surface area contributed by atoms with Crippen LogP contribution in [0.3, 0.4) is 0 Å². The van der Waals surface area contributed by atoms with Gasteiger partial charge in [0.15, 0.2) is 11.4 Å². The second-order valence-corrected chi connectivity index (χ2v) is 7.45. The summed E-state index contributed by atoms with van der Waals surface area (Å²) in [5.41, 5.74) is 2.71. The summed E-state index contributed by atoms with van der Waals surface area (Å²) in [6.07, 6.45) is 1.83. The van der Waals surface area contributed by atoms with Crippen LogP contribution in [0, 0.1) is 13.8 Å². The molecule has 1 aromatic rings. The first kappa shape index (κ1) is 22.1. The van der Waals surface area contributed by atoms with E-state index >= 15 is 0 Å². The van der Waals surface area contributed by atoms with Gasteiger partial charge in [-0.2, -0.15) is 5.06 Å². The van der Waals surface area contributed by atoms with E-state index in [-0.39, 0.29) is 12.4 Å². The number of hydrogen-bond acceptors (Lipinski definition) is 7. The van der Waals surface area contributed by atoms with E-state index in [1.165, 1.54) is 0 Å². The van der Waals surface area contributed by atoms with Crippen LogP contribution < -0.4 is 0 Å². The molecule has 30 heavy (non-hydrogen) atoms. The normalized spacial score (nSPS) is 18.5. The molecule has 2 aliphatic rings. The Morgan fingerprint density at radius 3 is 2.37 bits per heavy atom. The monoisotopic (exact) mass is 415 g/mol. The Balaban J connectivity index is 2.09. The summed E-state index contributed by atoms with van der Waals surface area (Å²) in [6, 6.07) is 3.89. The van der Waals surface area contributed by atoms with E-state index in [0.29, 0.717) is 43.7 Å². The third-order valence-electron chi connectivity index (χ3n) is 5.46. The third kappa shape index (κ3) is 4.13. The average molecular weight is 415 g/mol. The second-order valence-electron chi connectivity index (χ2n) is 7.45. The fraction of sp³-hybridized carbons (Fsp3) is 0.478. The number of aryl methyl sites for hydroxylation is 2. The zero-order valence-electron chi connectivity index (χ0n) is 18.1. The standard InChI is InChI=1S/C23H29NO6/c1-6-17-13-15(4)18(16(5)14-17)19-20(29-22(26)27-7-2)23(30-21(19)25)9-11-24(12-10-23)28-8-3/h6,13-14H,1,7-12H2,2-5H3. The molecule has 2 aliphatic heterocycles. The number of carbonyl (C=O) groups excluding carboxylic acids is 2. The van der Waals surface area contributed by atoms with Gasteiger partial charge in [-0.3, -0.25) is 4.84 Å². The lowest BCUT2D eigenvalue weighted by Crippen LogP contribution is -2.46. The largest absolute Gasteiger partial charge is 0.513 e. The number of benzene rings is 1. The lowest BCUT2D eigenvalue weighted by molar-refractivity contribution is -0.195. The molecule has 2 heterocycles. The van der Waals surface area contributed by atoms with E-state index in [1.54, 1.807) is 13.0 Å². The van der Waals surface area contributed by atoms with Gasteiger partial charge in [-0.25, -0.2) is 9.59 Å². The van der Waals surface area contributed by atoms with Crippen molar-refractivity contribution in [2.45, 2.75) is 46.1 Å². The van der Waals surface area contributed by atoms with Crippen LogP contribution in [0.15, 0.2) is 24.5 Å². The molecule has 0 saturated carbocycles. The lowest BCUT2D eigenvalue weighted by Gasteiger charge is -2.37. The van der Waals surface area contributed by atoms with Crippen LogP contribution in [-0.4, -0.2) is 49.1 Å². The van der Waals surface area contributed by atoms with Crippen molar-refractivity contribution in [3.8, 4) is 0 Å². The molecule has 0 N–H and O–H groups in total. The van der Waals surface area contributed by atoms with Crippen LogP contribution >= 0.6 is 0 Å². The molecule has 3 rings (SSSR count). The van der Waals surface area contributed by atoms with Crippen molar-refractivity contribution in [3.05, 3.63) is 46.7 Å². The fourth-order valence-corrected chi connectivity index (χ4v) is 4.18. The number of esters is 1. The van der Waals surface area contributed by atoms with Crippen LogP contribution in [0.25, 0.3) is 11.6 Å². The first-order chi connectivity index (χ1) is 14.3. The summed E-state index contributed by atoms with van der Waals surface area (Å²) >= 11 is 0. The minimum absolute atomic E-state index is 0.174. The van der Waals surface area contributed by atoms with E-state index in [1.807, 2.05) is 38.0 Å². The van der Waals surface area contributed by atoms with Crippen molar-refractivity contribution in [2.24, 2.45) is 0 Å². The minimum atomic E-state index is -1.01. The summed E-state index contributed by atoms with van der Waals surface area (Å²) in [5, 5.41) is 1.84. The molecular formula is C23H29NO6. The number of rotatable bonds is 6. The van der Waals surface area contributed by atoms with Gasteiger partial charge in [-0.1, -0.05) is 24.8 Å². The van der Waals surface area contributed by atoms with Gasteiger partial charge in [0.25, 0.3) is 0 Å². The zero-order chi connectivity index (χ0) is 21.9. The molecule has 0 aromatic heterocycles. The van der Waals surface area contributed by atoms with Gasteiger partial charge in [0.2, 0.25) is 0 Å². The maximum Gasteiger partial charge on any atom is 0.513 e. The van der Waals surface area contributed by atoms with Crippen molar-refractivity contribution >= 4 is 23.8 Å². The molecule has 0 radical (unpaired) electrons. The highest BCUT2D eigenvalue weighted by molar-refractivity contribution is 6.20. The second kappa shape index (κ2) is 9.02. The first-order valence-electron chi connectivity index (χ1n) is 10.3. The Bertz CT molecular complexity index is 857. The van der Waals surface area contributed by atoms with Crippen molar-refractivity contribution in [3.63, 3.8) is 0 Å². The topological polar surface area (TPSA) is 74.3 Å². The maximum atomic E-state index is 13.1. The zero-order valence-corrected chi connectivity index (χ0v) is 18.1. The van der Waals surface area contributed by atoms with Crippen molar-refractivity contribution < 1.29 is 28.6 Å². The minimum Gasteiger partial charge on any atom is -0.447 e. The van der Waals surface area contributed by atoms with Crippen molar-refractivity contribution in [2.75, 3.05) is 26.3 Å². The molecule has 1 saturated heterocycles. The Hall–Kier alpha value is -2.64. The van der Waals surface area contributed by atoms with Gasteiger partial charge in [-0.05, 0) is 49.9 Å². The molecule has 0 unspecified atom stereocenters. The first-order valence-corrected chi connectivity index (χ1v) is 10.3. The smallest absolute Gasteiger partial charge is 0.447 e. The van der Waals surface area contributed by atoms with Crippen molar-refractivity contribution in [1.82, 2.24) is 5.06 Å². The van der Waals surface area contributed by atoms with E-state index in [4.69, 9.17) is 19.0 Å². The van der Waals surface area contributed by atoms with Gasteiger partial charge < -0.3 is 14.2 Å². The number of hydrogen-bond donors (Lipinski definition) is 0. The quantitative estimate of drug-likeness (QED) is 0.646. The SMILES string of the molecule is C=Cc1cc(C)c(C2=C(OC(=O)OCC)C3(CCN(OCC)CC3)OC2=O)c(C)c1. The van der Waals surface area contributed by atoms with E-state index in [9.17, 15) is 9.59 Å². The Kier molecular flexibility index (Phi) is 6.63. The average Bonchev–Trinajstić information content (AvgIpc) is 2.95. The molecule has 0 aliphatic carbocycles. The van der Waals surface area contributed by atoms with Gasteiger partial charge >= 0.3 is 12.1 Å². The Labute approximate surface area is 177 Å². The molecule has 0 bridgehead atoms. The maximum absolute atomic E-state index is 13.1. The van der Waals surface area contributed by atoms with Gasteiger partial charge in [0.05, 0.1) is 13.2 Å². The summed E-state index contributed by atoms with van der Waals surface area (Å²) in [6.45, 7) is 13.1. The molecule has 1 aromatic carbocycles. The highest BCUT2D eigenvalue weighted by Gasteiger charge is 2.53. The van der Waals surface area contributed by atoms with Gasteiger partial charge in [0.1, 0.15) is 5.57 Å². The molecule has 1 fully saturated rings. The van der Waals surface area contributed by atoms with Crippen LogP contribution in [0.5, 0.6) is 0 Å². The summed E-state index contributed by atoms with van der Waals surface area (Å²) < 4.78 is 16.5. The highest BCUT2D eigenvalue weighted by atomic mass is 16.7. The van der Waals surface area contributed by atoms with Crippen LogP contribution in [0.4, 0.5) is 4.79 Å². The molecule has 0 amide bonds. The predicted molar refractivity (Wildman–Crippen MR) is 112 cm³/mol. The van der Waals surface area contributed by atoms with E-state index in [2.05, 4.69) is 6.58 Å². The summed E-state index contributed by atoms with van der Waals surface area (Å²) in [7, 11) is 0. The number of nitrogens with zero attached hydrogens (tertiary/aromatic N) is 1. The van der Waals surface area contributed by atoms with Gasteiger partial charge in [-0.15, -0.1) is 0 Å². The van der Waals surface area contributed by atoms with Crippen LogP contribution in [0.2, 0.25) is 0 Å². The molecule has 0 atom stereocenters. The molecular weight excluding hydrogens is 386 g/mol. The summed E-state index contributed by atoms with van der Waals surface area (Å²) in [4.78, 5) is 30.9. The molecule has 7 heteroatoms. The molecule has 162 valence electrons. The predicted octanol–water partition coefficient (Wildman–Crippen LogP) is 4.17. The highest BCUT2D eigenvalue weighted by Crippen LogP contribution is 2.46. The number of piperidine rings is 1. The van der Waals surface area contributed by atoms with E-state index < -0.39 is 17.7 Å². The molecule has 7 nitrogen and oxygen atoms in total. The number of carbonyl (C=O) groups is 2. The third-order valence-corrected chi connectivity index (χ3v) is 5.46. The van der Waals surface area contributed by atoms with Gasteiger partial charge in [0, 0.05) is 25.9 Å². The Morgan fingerprint density at radius 2 is 1.83 bits per heavy atom. The Morgan fingerprint density at radius 1 is 1.20 bits per heavy atom. The summed E-state index contributed by atoms with van der Waals surface area (Å²) in [5.74, 6) is -0.253.